The van der Waals surface area contributed by atoms with Crippen molar-refractivity contribution in [2.45, 2.75) is 6.04 Å². The molecule has 9 heteroatoms. The quantitative estimate of drug-likeness (QED) is 0.643. The number of nitro groups is 1. The van der Waals surface area contributed by atoms with Crippen molar-refractivity contribution in [1.29, 1.82) is 5.26 Å². The van der Waals surface area contributed by atoms with Crippen LogP contribution in [0.3, 0.4) is 0 Å². The maximum atomic E-state index is 14.0. The van der Waals surface area contributed by atoms with E-state index >= 15 is 0 Å². The molecule has 1 aliphatic rings. The number of amides is 1. The highest BCUT2D eigenvalue weighted by Gasteiger charge is 2.32. The Labute approximate surface area is 117 Å². The summed E-state index contributed by atoms with van der Waals surface area (Å²) in [4.78, 5) is 22.9. The summed E-state index contributed by atoms with van der Waals surface area (Å²) in [6, 6.07) is 2.04. The molecule has 21 heavy (non-hydrogen) atoms. The minimum atomic E-state index is -1.40. The summed E-state index contributed by atoms with van der Waals surface area (Å²) >= 11 is 0. The van der Waals surface area contributed by atoms with E-state index in [1.165, 1.54) is 0 Å². The molecular weight excluding hydrogens is 286 g/mol. The van der Waals surface area contributed by atoms with Gasteiger partial charge in [-0.15, -0.1) is 0 Å². The first-order valence-electron chi connectivity index (χ1n) is 6.00. The maximum absolute atomic E-state index is 14.0. The highest BCUT2D eigenvalue weighted by molar-refractivity contribution is 5.95. The Hall–Kier alpha value is -2.60. The third kappa shape index (κ3) is 2.80. The number of hydrogen-bond donors (Lipinski definition) is 1. The predicted molar refractivity (Wildman–Crippen MR) is 66.3 cm³/mol. The zero-order valence-electron chi connectivity index (χ0n) is 10.7. The van der Waals surface area contributed by atoms with E-state index in [-0.39, 0.29) is 13.1 Å². The molecule has 0 aliphatic carbocycles. The van der Waals surface area contributed by atoms with Crippen LogP contribution >= 0.6 is 0 Å². The highest BCUT2D eigenvalue weighted by atomic mass is 19.1. The second kappa shape index (κ2) is 5.80. The monoisotopic (exact) mass is 296 g/mol. The van der Waals surface area contributed by atoms with Gasteiger partial charge in [0, 0.05) is 19.6 Å². The molecule has 2 rings (SSSR count). The molecule has 0 aromatic heterocycles. The molecule has 1 atom stereocenters. The number of benzene rings is 1. The van der Waals surface area contributed by atoms with Crippen LogP contribution in [0.25, 0.3) is 0 Å². The van der Waals surface area contributed by atoms with Crippen molar-refractivity contribution in [1.82, 2.24) is 10.2 Å². The van der Waals surface area contributed by atoms with E-state index in [0.29, 0.717) is 18.7 Å². The fourth-order valence-corrected chi connectivity index (χ4v) is 2.08. The van der Waals surface area contributed by atoms with E-state index in [1.54, 1.807) is 0 Å². The molecule has 0 saturated carbocycles. The van der Waals surface area contributed by atoms with Gasteiger partial charge in [-0.3, -0.25) is 14.9 Å². The normalized spacial score (nSPS) is 18.1. The van der Waals surface area contributed by atoms with Crippen LogP contribution in [0.2, 0.25) is 0 Å². The zero-order chi connectivity index (χ0) is 15.6. The predicted octanol–water partition coefficient (Wildman–Crippen LogP) is 0.811. The number of nitro benzene ring substituents is 1. The number of rotatable bonds is 2. The van der Waals surface area contributed by atoms with Crippen LogP contribution in [0.5, 0.6) is 0 Å². The summed E-state index contributed by atoms with van der Waals surface area (Å²) in [5, 5.41) is 22.5. The van der Waals surface area contributed by atoms with Crippen LogP contribution in [-0.2, 0) is 0 Å². The lowest BCUT2D eigenvalue weighted by molar-refractivity contribution is -0.387. The Morgan fingerprint density at radius 1 is 1.52 bits per heavy atom. The molecule has 0 radical (unpaired) electrons. The zero-order valence-corrected chi connectivity index (χ0v) is 10.7. The van der Waals surface area contributed by atoms with Gasteiger partial charge >= 0.3 is 5.69 Å². The fraction of sp³-hybridized carbons (Fsp3) is 0.333. The van der Waals surface area contributed by atoms with Crippen molar-refractivity contribution >= 4 is 11.6 Å². The summed E-state index contributed by atoms with van der Waals surface area (Å²) in [5.74, 6) is -3.43. The van der Waals surface area contributed by atoms with Crippen LogP contribution in [0.1, 0.15) is 10.4 Å². The highest BCUT2D eigenvalue weighted by Crippen LogP contribution is 2.24. The molecule has 1 aromatic carbocycles. The molecule has 0 bridgehead atoms. The SMILES string of the molecule is N#CC1CNCCN1C(=O)c1cc(F)cc([N+](=O)[O-])c1F. The number of halogens is 2. The molecule has 1 amide bonds. The van der Waals surface area contributed by atoms with Crippen molar-refractivity contribution in [2.24, 2.45) is 0 Å². The Kier molecular flexibility index (Phi) is 4.09. The van der Waals surface area contributed by atoms with Crippen molar-refractivity contribution in [2.75, 3.05) is 19.6 Å². The lowest BCUT2D eigenvalue weighted by Gasteiger charge is -2.32. The number of nitrogens with one attached hydrogen (secondary N) is 1. The van der Waals surface area contributed by atoms with Crippen molar-refractivity contribution in [3.63, 3.8) is 0 Å². The van der Waals surface area contributed by atoms with Crippen molar-refractivity contribution < 1.29 is 18.5 Å². The van der Waals surface area contributed by atoms with E-state index in [4.69, 9.17) is 5.26 Å². The lowest BCUT2D eigenvalue weighted by Crippen LogP contribution is -2.53. The van der Waals surface area contributed by atoms with Gasteiger partial charge in [0.25, 0.3) is 5.91 Å². The number of carbonyl (C=O) groups is 1. The van der Waals surface area contributed by atoms with Gasteiger partial charge in [-0.1, -0.05) is 0 Å². The van der Waals surface area contributed by atoms with Gasteiger partial charge in [-0.25, -0.2) is 4.39 Å². The Morgan fingerprint density at radius 2 is 2.24 bits per heavy atom. The first-order valence-corrected chi connectivity index (χ1v) is 6.00. The van der Waals surface area contributed by atoms with Crippen LogP contribution in [0.15, 0.2) is 12.1 Å². The lowest BCUT2D eigenvalue weighted by atomic mass is 10.1. The summed E-state index contributed by atoms with van der Waals surface area (Å²) in [5.41, 5.74) is -1.86. The first-order chi connectivity index (χ1) is 9.95. The maximum Gasteiger partial charge on any atom is 0.308 e. The molecule has 1 N–H and O–H groups in total. The molecule has 1 aliphatic heterocycles. The minimum absolute atomic E-state index is 0.126. The average molecular weight is 296 g/mol. The number of piperazine rings is 1. The molecular formula is C12H10F2N4O3. The molecule has 1 saturated heterocycles. The third-order valence-electron chi connectivity index (χ3n) is 3.10. The van der Waals surface area contributed by atoms with E-state index < -0.39 is 39.8 Å². The van der Waals surface area contributed by atoms with E-state index in [1.807, 2.05) is 6.07 Å². The number of hydrogen-bond acceptors (Lipinski definition) is 5. The molecule has 1 unspecified atom stereocenters. The standard InChI is InChI=1S/C12H10F2N4O3/c13-7-3-9(11(14)10(4-7)18(20)21)12(19)17-2-1-16-6-8(17)5-15/h3-4,8,16H,1-2,6H2. The topological polar surface area (TPSA) is 99.3 Å². The molecule has 7 nitrogen and oxygen atoms in total. The second-order valence-electron chi connectivity index (χ2n) is 4.39. The van der Waals surface area contributed by atoms with Gasteiger partial charge in [-0.05, 0) is 6.07 Å². The van der Waals surface area contributed by atoms with Gasteiger partial charge in [-0.2, -0.15) is 9.65 Å². The summed E-state index contributed by atoms with van der Waals surface area (Å²) in [6.45, 7) is 0.713. The Morgan fingerprint density at radius 3 is 2.86 bits per heavy atom. The summed E-state index contributed by atoms with van der Waals surface area (Å²) in [6.07, 6.45) is 0. The molecule has 1 heterocycles. The number of carbonyl (C=O) groups excluding carboxylic acids is 1. The summed E-state index contributed by atoms with van der Waals surface area (Å²) in [7, 11) is 0. The number of nitriles is 1. The van der Waals surface area contributed by atoms with Crippen molar-refractivity contribution in [3.05, 3.63) is 39.4 Å². The summed E-state index contributed by atoms with van der Waals surface area (Å²) < 4.78 is 27.3. The Balaban J connectivity index is 2.44. The van der Waals surface area contributed by atoms with Crippen LogP contribution in [0, 0.1) is 33.1 Å². The smallest absolute Gasteiger partial charge is 0.308 e. The molecule has 1 fully saturated rings. The largest absolute Gasteiger partial charge is 0.320 e. The third-order valence-corrected chi connectivity index (χ3v) is 3.10. The first kappa shape index (κ1) is 14.8. The second-order valence-corrected chi connectivity index (χ2v) is 4.39. The van der Waals surface area contributed by atoms with E-state index in [9.17, 15) is 23.7 Å². The van der Waals surface area contributed by atoms with Gasteiger partial charge in [0.15, 0.2) is 0 Å². The van der Waals surface area contributed by atoms with E-state index in [0.717, 1.165) is 4.90 Å². The van der Waals surface area contributed by atoms with Crippen LogP contribution in [-0.4, -0.2) is 41.4 Å². The van der Waals surface area contributed by atoms with Crippen LogP contribution < -0.4 is 5.32 Å². The van der Waals surface area contributed by atoms with Gasteiger partial charge in [0.2, 0.25) is 5.82 Å². The van der Waals surface area contributed by atoms with Crippen molar-refractivity contribution in [3.8, 4) is 6.07 Å². The van der Waals surface area contributed by atoms with Crippen LogP contribution in [0.4, 0.5) is 14.5 Å². The molecule has 110 valence electrons. The average Bonchev–Trinajstić information content (AvgIpc) is 2.48. The van der Waals surface area contributed by atoms with Gasteiger partial charge in [0.05, 0.1) is 22.6 Å². The fourth-order valence-electron chi connectivity index (χ4n) is 2.08. The van der Waals surface area contributed by atoms with Gasteiger partial charge < -0.3 is 10.2 Å². The Bertz CT molecular complexity index is 644. The van der Waals surface area contributed by atoms with E-state index in [2.05, 4.69) is 5.32 Å². The molecule has 1 aromatic rings. The van der Waals surface area contributed by atoms with Gasteiger partial charge in [0.1, 0.15) is 11.9 Å². The number of nitrogens with zero attached hydrogens (tertiary/aromatic N) is 3. The minimum Gasteiger partial charge on any atom is -0.320 e. The molecule has 0 spiro atoms.